The minimum absolute atomic E-state index is 0.743. The Morgan fingerprint density at radius 3 is 2.61 bits per heavy atom. The summed E-state index contributed by atoms with van der Waals surface area (Å²) in [6.45, 7) is 0.892. The molecule has 2 aliphatic carbocycles. The van der Waals surface area contributed by atoms with Gasteiger partial charge in [0.2, 0.25) is 0 Å². The average molecular weight is 248 g/mol. The van der Waals surface area contributed by atoms with Crippen molar-refractivity contribution in [2.75, 3.05) is 0 Å². The Morgan fingerprint density at radius 1 is 1.11 bits per heavy atom. The van der Waals surface area contributed by atoms with Crippen molar-refractivity contribution >= 4 is 0 Å². The fourth-order valence-corrected chi connectivity index (χ4v) is 2.96. The van der Waals surface area contributed by atoms with Crippen molar-refractivity contribution in [2.45, 2.75) is 70.4 Å². The lowest BCUT2D eigenvalue weighted by atomic mass is 9.95. The van der Waals surface area contributed by atoms with E-state index in [4.69, 9.17) is 4.42 Å². The predicted molar refractivity (Wildman–Crippen MR) is 71.3 cm³/mol. The molecule has 0 saturated heterocycles. The molecule has 2 fully saturated rings. The van der Waals surface area contributed by atoms with Gasteiger partial charge in [0, 0.05) is 19.0 Å². The minimum Gasteiger partial charge on any atom is -0.448 e. The second-order valence-electron chi connectivity index (χ2n) is 5.94. The van der Waals surface area contributed by atoms with Crippen molar-refractivity contribution in [1.82, 2.24) is 10.3 Å². The first kappa shape index (κ1) is 12.2. The summed E-state index contributed by atoms with van der Waals surface area (Å²) >= 11 is 0. The number of rotatable bonds is 5. The van der Waals surface area contributed by atoms with E-state index in [2.05, 4.69) is 10.3 Å². The topological polar surface area (TPSA) is 38.1 Å². The van der Waals surface area contributed by atoms with Gasteiger partial charge in [0.1, 0.15) is 5.76 Å². The Hall–Kier alpha value is -0.830. The van der Waals surface area contributed by atoms with Crippen molar-refractivity contribution in [2.24, 2.45) is 5.92 Å². The van der Waals surface area contributed by atoms with Crippen LogP contribution in [0.2, 0.25) is 0 Å². The number of nitrogens with zero attached hydrogens (tertiary/aromatic N) is 1. The molecule has 0 amide bonds. The van der Waals surface area contributed by atoms with Crippen molar-refractivity contribution in [1.29, 1.82) is 0 Å². The highest BCUT2D eigenvalue weighted by Gasteiger charge is 2.22. The molecular weight excluding hydrogens is 224 g/mol. The van der Waals surface area contributed by atoms with E-state index in [0.29, 0.717) is 0 Å². The smallest absolute Gasteiger partial charge is 0.181 e. The van der Waals surface area contributed by atoms with Crippen molar-refractivity contribution in [3.63, 3.8) is 0 Å². The summed E-state index contributed by atoms with van der Waals surface area (Å²) in [5.41, 5.74) is 1.14. The number of aromatic nitrogens is 1. The molecule has 0 spiro atoms. The zero-order valence-electron chi connectivity index (χ0n) is 11.2. The molecule has 1 heterocycles. The molecule has 1 aromatic rings. The first-order chi connectivity index (χ1) is 8.92. The zero-order valence-corrected chi connectivity index (χ0v) is 11.2. The van der Waals surface area contributed by atoms with Gasteiger partial charge in [0.15, 0.2) is 6.39 Å². The summed E-state index contributed by atoms with van der Waals surface area (Å²) in [6.07, 6.45) is 13.8. The Balaban J connectivity index is 1.55. The first-order valence-electron chi connectivity index (χ1n) is 7.56. The number of hydrogen-bond acceptors (Lipinski definition) is 3. The van der Waals surface area contributed by atoms with E-state index in [9.17, 15) is 0 Å². The highest BCUT2D eigenvalue weighted by atomic mass is 16.3. The fourth-order valence-electron chi connectivity index (χ4n) is 2.96. The van der Waals surface area contributed by atoms with Gasteiger partial charge in [-0.15, -0.1) is 0 Å². The van der Waals surface area contributed by atoms with Crippen molar-refractivity contribution in [3.8, 4) is 0 Å². The van der Waals surface area contributed by atoms with Gasteiger partial charge in [-0.2, -0.15) is 0 Å². The molecule has 3 heteroatoms. The second kappa shape index (κ2) is 5.87. The minimum atomic E-state index is 0.743. The molecule has 0 atom stereocenters. The van der Waals surface area contributed by atoms with Crippen LogP contribution in [0.15, 0.2) is 10.8 Å². The lowest BCUT2D eigenvalue weighted by molar-refractivity contribution is 0.399. The van der Waals surface area contributed by atoms with E-state index in [0.717, 1.165) is 36.4 Å². The maximum Gasteiger partial charge on any atom is 0.181 e. The lowest BCUT2D eigenvalue weighted by Gasteiger charge is -2.12. The predicted octanol–water partition coefficient (Wildman–Crippen LogP) is 3.44. The number of nitrogens with one attached hydrogen (secondary N) is 1. The van der Waals surface area contributed by atoms with Gasteiger partial charge in [-0.25, -0.2) is 4.98 Å². The van der Waals surface area contributed by atoms with Crippen LogP contribution in [-0.2, 0) is 13.0 Å². The summed E-state index contributed by atoms with van der Waals surface area (Å²) in [6, 6.07) is 0.743. The third-order valence-corrected chi connectivity index (χ3v) is 4.31. The van der Waals surface area contributed by atoms with Gasteiger partial charge in [-0.1, -0.05) is 38.5 Å². The van der Waals surface area contributed by atoms with Crippen LogP contribution in [0.1, 0.15) is 62.8 Å². The number of hydrogen-bond donors (Lipinski definition) is 1. The molecular formula is C15H24N2O. The van der Waals surface area contributed by atoms with Crippen LogP contribution in [0, 0.1) is 5.92 Å². The van der Waals surface area contributed by atoms with Crippen LogP contribution in [0.5, 0.6) is 0 Å². The molecule has 1 N–H and O–H groups in total. The second-order valence-corrected chi connectivity index (χ2v) is 5.94. The van der Waals surface area contributed by atoms with Crippen LogP contribution in [0.25, 0.3) is 0 Å². The van der Waals surface area contributed by atoms with E-state index >= 15 is 0 Å². The standard InChI is InChI=1S/C15H24N2O/c1-2-4-6-12(5-3-1)9-15-14(17-11-18-15)10-16-13-7-8-13/h11-13,16H,1-10H2. The summed E-state index contributed by atoms with van der Waals surface area (Å²) in [7, 11) is 0. The summed E-state index contributed by atoms with van der Waals surface area (Å²) in [5, 5.41) is 3.53. The van der Waals surface area contributed by atoms with E-state index < -0.39 is 0 Å². The fraction of sp³-hybridized carbons (Fsp3) is 0.800. The largest absolute Gasteiger partial charge is 0.448 e. The summed E-state index contributed by atoms with van der Waals surface area (Å²) in [5.74, 6) is 1.95. The Bertz CT molecular complexity index is 362. The van der Waals surface area contributed by atoms with Crippen LogP contribution in [0.3, 0.4) is 0 Å². The zero-order chi connectivity index (χ0) is 12.2. The SMILES string of the molecule is c1nc(CNC2CC2)c(CC2CCCCCC2)o1. The molecule has 1 aromatic heterocycles. The van der Waals surface area contributed by atoms with Crippen LogP contribution < -0.4 is 5.32 Å². The Labute approximate surface area is 109 Å². The Kier molecular flexibility index (Phi) is 3.99. The molecule has 2 aliphatic rings. The molecule has 3 nitrogen and oxygen atoms in total. The summed E-state index contributed by atoms with van der Waals surface area (Å²) < 4.78 is 5.61. The normalized spacial score (nSPS) is 22.0. The average Bonchev–Trinajstić information content (AvgIpc) is 3.14. The maximum atomic E-state index is 5.61. The van der Waals surface area contributed by atoms with E-state index in [1.54, 1.807) is 6.39 Å². The molecule has 0 bridgehead atoms. The molecule has 18 heavy (non-hydrogen) atoms. The van der Waals surface area contributed by atoms with Crippen LogP contribution >= 0.6 is 0 Å². The van der Waals surface area contributed by atoms with Gasteiger partial charge in [-0.05, 0) is 18.8 Å². The maximum absolute atomic E-state index is 5.61. The van der Waals surface area contributed by atoms with E-state index in [1.807, 2.05) is 0 Å². The quantitative estimate of drug-likeness (QED) is 0.811. The van der Waals surface area contributed by atoms with Gasteiger partial charge < -0.3 is 9.73 Å². The van der Waals surface area contributed by atoms with E-state index in [-0.39, 0.29) is 0 Å². The van der Waals surface area contributed by atoms with Gasteiger partial charge in [0.05, 0.1) is 5.69 Å². The summed E-state index contributed by atoms with van der Waals surface area (Å²) in [4.78, 5) is 4.38. The monoisotopic (exact) mass is 248 g/mol. The number of oxazole rings is 1. The molecule has 2 saturated carbocycles. The van der Waals surface area contributed by atoms with Gasteiger partial charge in [0.25, 0.3) is 0 Å². The molecule has 0 radical (unpaired) electrons. The van der Waals surface area contributed by atoms with E-state index in [1.165, 1.54) is 51.4 Å². The Morgan fingerprint density at radius 2 is 1.89 bits per heavy atom. The first-order valence-corrected chi connectivity index (χ1v) is 7.56. The van der Waals surface area contributed by atoms with Crippen molar-refractivity contribution in [3.05, 3.63) is 17.8 Å². The molecule has 0 aliphatic heterocycles. The third-order valence-electron chi connectivity index (χ3n) is 4.31. The molecule has 0 unspecified atom stereocenters. The highest BCUT2D eigenvalue weighted by Crippen LogP contribution is 2.27. The van der Waals surface area contributed by atoms with Crippen LogP contribution in [-0.4, -0.2) is 11.0 Å². The van der Waals surface area contributed by atoms with Gasteiger partial charge in [-0.3, -0.25) is 0 Å². The molecule has 3 rings (SSSR count). The highest BCUT2D eigenvalue weighted by molar-refractivity contribution is 5.08. The molecule has 100 valence electrons. The lowest BCUT2D eigenvalue weighted by Crippen LogP contribution is -2.17. The van der Waals surface area contributed by atoms with Gasteiger partial charge >= 0.3 is 0 Å². The molecule has 0 aromatic carbocycles. The van der Waals surface area contributed by atoms with Crippen molar-refractivity contribution < 1.29 is 4.42 Å². The van der Waals surface area contributed by atoms with Crippen LogP contribution in [0.4, 0.5) is 0 Å². The third kappa shape index (κ3) is 3.35.